The van der Waals surface area contributed by atoms with E-state index in [2.05, 4.69) is 65.0 Å². The SMILES string of the molecule is CC[C@@H](C)/C=C/[C@@H](C)[C@H]1CC[C@@H]2[C@]1(C)CC=C1[C@]23C=C[C@]2(C[C@@H](O)CC[C@]12C)OO3. The van der Waals surface area contributed by atoms with E-state index in [0.717, 1.165) is 19.3 Å². The predicted molar refractivity (Wildman–Crippen MR) is 120 cm³/mol. The van der Waals surface area contributed by atoms with Crippen molar-refractivity contribution in [2.24, 2.45) is 34.5 Å². The topological polar surface area (TPSA) is 38.7 Å². The normalized spacial score (nSPS) is 51.3. The Morgan fingerprint density at radius 2 is 1.93 bits per heavy atom. The quantitative estimate of drug-likeness (QED) is 0.445. The summed E-state index contributed by atoms with van der Waals surface area (Å²) < 4.78 is 0. The molecule has 2 spiro atoms. The van der Waals surface area contributed by atoms with Gasteiger partial charge in [0.15, 0.2) is 0 Å². The molecule has 2 aliphatic heterocycles. The molecule has 2 saturated carbocycles. The maximum Gasteiger partial charge on any atom is 0.147 e. The fraction of sp³-hybridized carbons (Fsp3) is 0.778. The van der Waals surface area contributed by atoms with E-state index in [0.29, 0.717) is 30.1 Å². The summed E-state index contributed by atoms with van der Waals surface area (Å²) in [5.74, 6) is 2.35. The Hall–Kier alpha value is -0.900. The van der Waals surface area contributed by atoms with Gasteiger partial charge in [-0.3, -0.25) is 0 Å². The maximum atomic E-state index is 10.4. The van der Waals surface area contributed by atoms with Gasteiger partial charge in [0.05, 0.1) is 6.10 Å². The molecule has 2 heterocycles. The van der Waals surface area contributed by atoms with Crippen LogP contribution < -0.4 is 0 Å². The van der Waals surface area contributed by atoms with Crippen molar-refractivity contribution < 1.29 is 14.9 Å². The minimum atomic E-state index is -0.504. The predicted octanol–water partition coefficient (Wildman–Crippen LogP) is 6.15. The molecule has 0 radical (unpaired) electrons. The van der Waals surface area contributed by atoms with Gasteiger partial charge >= 0.3 is 0 Å². The molecule has 4 aliphatic carbocycles. The van der Waals surface area contributed by atoms with Crippen molar-refractivity contribution in [3.8, 4) is 0 Å². The Balaban J connectivity index is 1.50. The zero-order chi connectivity index (χ0) is 21.4. The van der Waals surface area contributed by atoms with E-state index in [9.17, 15) is 5.11 Å². The van der Waals surface area contributed by atoms with Gasteiger partial charge in [-0.15, -0.1) is 0 Å². The largest absolute Gasteiger partial charge is 0.393 e. The summed E-state index contributed by atoms with van der Waals surface area (Å²) in [6, 6.07) is 0. The molecule has 6 aliphatic rings. The molecule has 30 heavy (non-hydrogen) atoms. The summed E-state index contributed by atoms with van der Waals surface area (Å²) in [6.45, 7) is 11.9. The van der Waals surface area contributed by atoms with Crippen LogP contribution in [0, 0.1) is 34.5 Å². The van der Waals surface area contributed by atoms with Crippen molar-refractivity contribution in [2.75, 3.05) is 0 Å². The first-order valence-electron chi connectivity index (χ1n) is 12.4. The van der Waals surface area contributed by atoms with Crippen molar-refractivity contribution in [1.29, 1.82) is 0 Å². The number of rotatable bonds is 4. The third-order valence-electron chi connectivity index (χ3n) is 10.1. The van der Waals surface area contributed by atoms with Gasteiger partial charge in [0.25, 0.3) is 0 Å². The fourth-order valence-corrected chi connectivity index (χ4v) is 7.94. The second kappa shape index (κ2) is 6.80. The molecule has 6 rings (SSSR count). The number of fused-ring (bicyclic) bond motifs is 2. The highest BCUT2D eigenvalue weighted by atomic mass is 17.2. The zero-order valence-corrected chi connectivity index (χ0v) is 19.5. The third kappa shape index (κ3) is 2.55. The van der Waals surface area contributed by atoms with E-state index in [1.165, 1.54) is 24.8 Å². The minimum Gasteiger partial charge on any atom is -0.393 e. The lowest BCUT2D eigenvalue weighted by Crippen LogP contribution is -2.69. The van der Waals surface area contributed by atoms with Gasteiger partial charge in [0.2, 0.25) is 0 Å². The van der Waals surface area contributed by atoms with Gasteiger partial charge in [0.1, 0.15) is 11.2 Å². The highest BCUT2D eigenvalue weighted by molar-refractivity contribution is 5.48. The lowest BCUT2D eigenvalue weighted by atomic mass is 9.47. The van der Waals surface area contributed by atoms with Crippen molar-refractivity contribution in [2.45, 2.75) is 96.9 Å². The number of aliphatic hydroxyl groups is 1. The van der Waals surface area contributed by atoms with Gasteiger partial charge in [-0.25, -0.2) is 9.78 Å². The van der Waals surface area contributed by atoms with Crippen molar-refractivity contribution in [1.82, 2.24) is 0 Å². The molecule has 3 fully saturated rings. The molecule has 3 nitrogen and oxygen atoms in total. The molecular formula is C27H40O3. The molecule has 0 unspecified atom stereocenters. The van der Waals surface area contributed by atoms with E-state index in [1.54, 1.807) is 0 Å². The van der Waals surface area contributed by atoms with Crippen LogP contribution in [0.25, 0.3) is 0 Å². The fourth-order valence-electron chi connectivity index (χ4n) is 7.94. The smallest absolute Gasteiger partial charge is 0.147 e. The first kappa shape index (κ1) is 21.0. The standard InChI is InChI=1S/C27H40O3/c1-6-18(2)7-8-19(3)21-9-10-22-24(21,4)13-12-23-25(5)14-11-20(28)17-26(25)15-16-27(22,23)30-29-26/h7-8,12,15-16,18-22,28H,6,9-11,13-14,17H2,1-5H3/b8-7+/t18-,19-,20+,21-,22-,24-,25-,26-,27+/m1/s1. The van der Waals surface area contributed by atoms with Crippen molar-refractivity contribution in [3.05, 3.63) is 36.0 Å². The highest BCUT2D eigenvalue weighted by Crippen LogP contribution is 2.71. The minimum absolute atomic E-state index is 0.0687. The molecule has 1 saturated heterocycles. The highest BCUT2D eigenvalue weighted by Gasteiger charge is 2.71. The number of aliphatic hydroxyl groups excluding tert-OH is 1. The van der Waals surface area contributed by atoms with Gasteiger partial charge in [-0.05, 0) is 73.0 Å². The van der Waals surface area contributed by atoms with E-state index in [1.807, 2.05) is 0 Å². The molecule has 0 aromatic heterocycles. The summed E-state index contributed by atoms with van der Waals surface area (Å²) in [4.78, 5) is 12.6. The van der Waals surface area contributed by atoms with Crippen LogP contribution in [0.4, 0.5) is 0 Å². The number of hydrogen-bond acceptors (Lipinski definition) is 3. The second-order valence-electron chi connectivity index (χ2n) is 11.6. The maximum absolute atomic E-state index is 10.4. The summed E-state index contributed by atoms with van der Waals surface area (Å²) >= 11 is 0. The van der Waals surface area contributed by atoms with Crippen LogP contribution in [0.3, 0.4) is 0 Å². The molecule has 9 atom stereocenters. The molecule has 0 aromatic rings. The van der Waals surface area contributed by atoms with Crippen molar-refractivity contribution in [3.63, 3.8) is 0 Å². The van der Waals surface area contributed by atoms with E-state index in [4.69, 9.17) is 9.78 Å². The molecule has 1 N–H and O–H groups in total. The third-order valence-corrected chi connectivity index (χ3v) is 10.1. The Labute approximate surface area is 182 Å². The molecule has 0 aromatic carbocycles. The van der Waals surface area contributed by atoms with Crippen LogP contribution in [-0.4, -0.2) is 22.4 Å². The Kier molecular flexibility index (Phi) is 4.75. The van der Waals surface area contributed by atoms with Gasteiger partial charge in [0, 0.05) is 17.8 Å². The number of allylic oxidation sites excluding steroid dienone is 3. The monoisotopic (exact) mass is 412 g/mol. The summed E-state index contributed by atoms with van der Waals surface area (Å²) in [5.41, 5.74) is 0.678. The van der Waals surface area contributed by atoms with Crippen LogP contribution >= 0.6 is 0 Å². The van der Waals surface area contributed by atoms with Crippen LogP contribution in [0.1, 0.15) is 79.6 Å². The van der Waals surface area contributed by atoms with Crippen LogP contribution in [-0.2, 0) is 9.78 Å². The van der Waals surface area contributed by atoms with Crippen LogP contribution in [0.2, 0.25) is 0 Å². The van der Waals surface area contributed by atoms with Gasteiger partial charge < -0.3 is 5.11 Å². The Morgan fingerprint density at radius 1 is 1.13 bits per heavy atom. The van der Waals surface area contributed by atoms with Crippen LogP contribution in [0.5, 0.6) is 0 Å². The lowest BCUT2D eigenvalue weighted by molar-refractivity contribution is -0.455. The molecule has 3 heteroatoms. The van der Waals surface area contributed by atoms with Gasteiger partial charge in [-0.2, -0.15) is 0 Å². The van der Waals surface area contributed by atoms with Gasteiger partial charge in [-0.1, -0.05) is 59.3 Å². The lowest BCUT2D eigenvalue weighted by Gasteiger charge is -2.66. The Bertz CT molecular complexity index is 798. The first-order chi connectivity index (χ1) is 14.2. The molecule has 166 valence electrons. The molecule has 0 amide bonds. The summed E-state index contributed by atoms with van der Waals surface area (Å²) in [5, 5.41) is 10.4. The average molecular weight is 413 g/mol. The Morgan fingerprint density at radius 3 is 2.63 bits per heavy atom. The van der Waals surface area contributed by atoms with E-state index < -0.39 is 11.2 Å². The molecule has 2 bridgehead atoms. The van der Waals surface area contributed by atoms with E-state index in [-0.39, 0.29) is 16.9 Å². The summed E-state index contributed by atoms with van der Waals surface area (Å²) in [7, 11) is 0. The first-order valence-corrected chi connectivity index (χ1v) is 12.4. The average Bonchev–Trinajstić information content (AvgIpc) is 3.09. The number of hydrogen-bond donors (Lipinski definition) is 1. The zero-order valence-electron chi connectivity index (χ0n) is 19.5. The van der Waals surface area contributed by atoms with E-state index >= 15 is 0 Å². The van der Waals surface area contributed by atoms with Crippen molar-refractivity contribution >= 4 is 0 Å². The summed E-state index contributed by atoms with van der Waals surface area (Å²) in [6.07, 6.45) is 19.0. The van der Waals surface area contributed by atoms with Crippen LogP contribution in [0.15, 0.2) is 36.0 Å². The second-order valence-corrected chi connectivity index (χ2v) is 11.6. The molecular weight excluding hydrogens is 372 g/mol.